The van der Waals surface area contributed by atoms with Crippen molar-refractivity contribution in [3.63, 3.8) is 0 Å². The Bertz CT molecular complexity index is 860. The van der Waals surface area contributed by atoms with E-state index in [2.05, 4.69) is 4.90 Å². The largest absolute Gasteiger partial charge is 0.476 e. The second-order valence-electron chi connectivity index (χ2n) is 8.01. The summed E-state index contributed by atoms with van der Waals surface area (Å²) in [7, 11) is 0. The Hall–Kier alpha value is -2.08. The van der Waals surface area contributed by atoms with Crippen LogP contribution in [-0.4, -0.2) is 48.5 Å². The van der Waals surface area contributed by atoms with Crippen LogP contribution in [0.4, 0.5) is 0 Å². The highest BCUT2D eigenvalue weighted by Crippen LogP contribution is 2.22. The molecule has 1 saturated heterocycles. The van der Waals surface area contributed by atoms with Crippen molar-refractivity contribution in [1.82, 2.24) is 4.90 Å². The molecule has 0 N–H and O–H groups in total. The maximum absolute atomic E-state index is 12.5. The predicted molar refractivity (Wildman–Crippen MR) is 125 cm³/mol. The molecule has 2 aromatic carbocycles. The number of rotatable bonds is 8. The van der Waals surface area contributed by atoms with Crippen LogP contribution in [0.5, 0.6) is 5.75 Å². The number of esters is 1. The fraction of sp³-hybridized carbons (Fsp3) is 0.417. The van der Waals surface area contributed by atoms with Crippen LogP contribution in [-0.2, 0) is 9.53 Å². The summed E-state index contributed by atoms with van der Waals surface area (Å²) in [4.78, 5) is 27.3. The van der Waals surface area contributed by atoms with Crippen molar-refractivity contribution in [2.75, 3.05) is 26.2 Å². The van der Waals surface area contributed by atoms with Crippen molar-refractivity contribution in [1.29, 1.82) is 0 Å². The molecule has 168 valence electrons. The molecule has 0 spiro atoms. The Labute approximate surface area is 195 Å². The van der Waals surface area contributed by atoms with E-state index in [0.29, 0.717) is 28.5 Å². The third-order valence-electron chi connectivity index (χ3n) is 5.18. The lowest BCUT2D eigenvalue weighted by molar-refractivity contribution is -0.159. The lowest BCUT2D eigenvalue weighted by Gasteiger charge is -2.28. The number of likely N-dealkylation sites (tertiary alicyclic amines) is 1. The summed E-state index contributed by atoms with van der Waals surface area (Å²) in [5, 5.41) is 0.584. The van der Waals surface area contributed by atoms with Crippen molar-refractivity contribution >= 4 is 35.8 Å². The van der Waals surface area contributed by atoms with E-state index >= 15 is 0 Å². The average Bonchev–Trinajstić information content (AvgIpc) is 2.75. The molecule has 0 saturated carbocycles. The maximum atomic E-state index is 12.5. The number of carbonyl (C=O) groups excluding carboxylic acids is 2. The molecule has 0 radical (unpaired) electrons. The van der Waals surface area contributed by atoms with Crippen LogP contribution in [0.15, 0.2) is 48.5 Å². The minimum Gasteiger partial charge on any atom is -0.476 e. The zero-order valence-electron chi connectivity index (χ0n) is 17.9. The van der Waals surface area contributed by atoms with Gasteiger partial charge in [0.15, 0.2) is 11.4 Å². The van der Waals surface area contributed by atoms with Crippen LogP contribution >= 0.6 is 24.0 Å². The molecule has 31 heavy (non-hydrogen) atoms. The summed E-state index contributed by atoms with van der Waals surface area (Å²) in [6.07, 6.45) is 3.69. The van der Waals surface area contributed by atoms with Crippen LogP contribution in [0.3, 0.4) is 0 Å². The van der Waals surface area contributed by atoms with Crippen molar-refractivity contribution in [3.05, 3.63) is 64.7 Å². The smallest absolute Gasteiger partial charge is 0.349 e. The Morgan fingerprint density at radius 1 is 0.935 bits per heavy atom. The summed E-state index contributed by atoms with van der Waals surface area (Å²) in [6.45, 7) is 6.62. The molecule has 1 fully saturated rings. The Morgan fingerprint density at radius 2 is 1.48 bits per heavy atom. The van der Waals surface area contributed by atoms with Crippen molar-refractivity contribution < 1.29 is 19.1 Å². The molecule has 3 rings (SSSR count). The predicted octanol–water partition coefficient (Wildman–Crippen LogP) is 5.18. The van der Waals surface area contributed by atoms with Gasteiger partial charge < -0.3 is 9.47 Å². The third kappa shape index (κ3) is 7.23. The molecule has 0 bridgehead atoms. The van der Waals surface area contributed by atoms with Gasteiger partial charge in [0.05, 0.1) is 0 Å². The van der Waals surface area contributed by atoms with E-state index in [1.807, 2.05) is 0 Å². The molecule has 5 nitrogen and oxygen atoms in total. The molecule has 0 aliphatic carbocycles. The topological polar surface area (TPSA) is 55.8 Å². The fourth-order valence-electron chi connectivity index (χ4n) is 3.40. The summed E-state index contributed by atoms with van der Waals surface area (Å²) >= 11 is 5.87. The van der Waals surface area contributed by atoms with E-state index in [9.17, 15) is 9.59 Å². The van der Waals surface area contributed by atoms with E-state index in [1.165, 1.54) is 19.3 Å². The molecular formula is C24H29Cl2NO4. The third-order valence-corrected chi connectivity index (χ3v) is 5.43. The minimum atomic E-state index is -1.12. The number of benzene rings is 2. The zero-order chi connectivity index (χ0) is 21.6. The zero-order valence-corrected chi connectivity index (χ0v) is 19.5. The van der Waals surface area contributed by atoms with Gasteiger partial charge in [-0.05, 0) is 88.3 Å². The van der Waals surface area contributed by atoms with E-state index in [1.54, 1.807) is 62.4 Å². The van der Waals surface area contributed by atoms with Gasteiger partial charge in [0.2, 0.25) is 0 Å². The normalized spacial score (nSPS) is 14.4. The number of halogens is 2. The monoisotopic (exact) mass is 465 g/mol. The number of carbonyl (C=O) groups is 2. The van der Waals surface area contributed by atoms with Gasteiger partial charge in [-0.1, -0.05) is 18.0 Å². The first-order chi connectivity index (χ1) is 14.3. The quantitative estimate of drug-likeness (QED) is 0.397. The Morgan fingerprint density at radius 3 is 2.06 bits per heavy atom. The van der Waals surface area contributed by atoms with Gasteiger partial charge in [-0.2, -0.15) is 0 Å². The van der Waals surface area contributed by atoms with Crippen molar-refractivity contribution in [2.45, 2.75) is 38.7 Å². The van der Waals surface area contributed by atoms with Gasteiger partial charge in [-0.25, -0.2) is 4.79 Å². The average molecular weight is 466 g/mol. The van der Waals surface area contributed by atoms with Crippen LogP contribution in [0.25, 0.3) is 0 Å². The molecule has 0 amide bonds. The van der Waals surface area contributed by atoms with Gasteiger partial charge in [0.25, 0.3) is 0 Å². The molecule has 1 heterocycles. The molecule has 0 atom stereocenters. The van der Waals surface area contributed by atoms with E-state index in [4.69, 9.17) is 21.1 Å². The second-order valence-corrected chi connectivity index (χ2v) is 8.45. The summed E-state index contributed by atoms with van der Waals surface area (Å²) in [6, 6.07) is 13.5. The van der Waals surface area contributed by atoms with Crippen LogP contribution < -0.4 is 4.74 Å². The second kappa shape index (κ2) is 11.5. The number of hydrogen-bond acceptors (Lipinski definition) is 5. The fourth-order valence-corrected chi connectivity index (χ4v) is 3.53. The van der Waals surface area contributed by atoms with Gasteiger partial charge >= 0.3 is 5.97 Å². The Kier molecular flexibility index (Phi) is 9.35. The highest BCUT2D eigenvalue weighted by molar-refractivity contribution is 6.30. The minimum absolute atomic E-state index is 0. The summed E-state index contributed by atoms with van der Waals surface area (Å²) < 4.78 is 11.3. The highest BCUT2D eigenvalue weighted by Gasteiger charge is 2.32. The number of piperidine rings is 1. The van der Waals surface area contributed by atoms with Gasteiger partial charge in [0.1, 0.15) is 12.4 Å². The molecule has 7 heteroatoms. The molecular weight excluding hydrogens is 437 g/mol. The number of nitrogens with zero attached hydrogens (tertiary/aromatic N) is 1. The van der Waals surface area contributed by atoms with Gasteiger partial charge in [-0.3, -0.25) is 9.69 Å². The van der Waals surface area contributed by atoms with Crippen LogP contribution in [0.2, 0.25) is 5.02 Å². The highest BCUT2D eigenvalue weighted by atomic mass is 35.5. The molecule has 0 aromatic heterocycles. The summed E-state index contributed by atoms with van der Waals surface area (Å²) in [5.74, 6) is -0.00365. The number of ether oxygens (including phenoxy) is 2. The lowest BCUT2D eigenvalue weighted by atomic mass is 10.0. The van der Waals surface area contributed by atoms with Gasteiger partial charge in [0, 0.05) is 22.7 Å². The Balaban J connectivity index is 0.00000341. The SMILES string of the molecule is CC(C)(Oc1ccc(C(=O)c2ccc(Cl)cc2)cc1)C(=O)OCCN1CCCCC1.Cl. The first-order valence-corrected chi connectivity index (χ1v) is 10.7. The first-order valence-electron chi connectivity index (χ1n) is 10.3. The first kappa shape index (κ1) is 25.2. The van der Waals surface area contributed by atoms with E-state index in [-0.39, 0.29) is 18.2 Å². The summed E-state index contributed by atoms with van der Waals surface area (Å²) in [5.41, 5.74) is -0.0267. The van der Waals surface area contributed by atoms with Crippen LogP contribution in [0, 0.1) is 0 Å². The van der Waals surface area contributed by atoms with Crippen molar-refractivity contribution in [3.8, 4) is 5.75 Å². The molecule has 0 unspecified atom stereocenters. The maximum Gasteiger partial charge on any atom is 0.349 e. The van der Waals surface area contributed by atoms with E-state index < -0.39 is 11.6 Å². The molecule has 2 aromatic rings. The standard InChI is InChI=1S/C24H28ClNO4.ClH/c1-24(2,23(28)29-17-16-26-14-4-3-5-15-26)30-21-12-8-19(9-13-21)22(27)18-6-10-20(25)11-7-18;/h6-13H,3-5,14-17H2,1-2H3;1H. The van der Waals surface area contributed by atoms with Crippen LogP contribution in [0.1, 0.15) is 49.0 Å². The van der Waals surface area contributed by atoms with E-state index in [0.717, 1.165) is 19.6 Å². The number of ketones is 1. The van der Waals surface area contributed by atoms with Crippen molar-refractivity contribution in [2.24, 2.45) is 0 Å². The lowest BCUT2D eigenvalue weighted by Crippen LogP contribution is -2.41. The molecule has 1 aliphatic heterocycles. The number of hydrogen-bond donors (Lipinski definition) is 0. The molecule has 1 aliphatic rings. The van der Waals surface area contributed by atoms with Gasteiger partial charge in [-0.15, -0.1) is 12.4 Å².